The van der Waals surface area contributed by atoms with Crippen molar-refractivity contribution in [1.82, 2.24) is 0 Å². The second-order valence-electron chi connectivity index (χ2n) is 16.6. The van der Waals surface area contributed by atoms with Gasteiger partial charge < -0.3 is 49.7 Å². The number of ether oxygens (including phenoxy) is 2. The lowest BCUT2D eigenvalue weighted by Gasteiger charge is -2.43. The molecule has 0 spiro atoms. The Hall–Kier alpha value is -3.38. The van der Waals surface area contributed by atoms with E-state index in [9.17, 15) is 58.9 Å². The number of esters is 2. The Bertz CT molecular complexity index is 1780. The lowest BCUT2D eigenvalue weighted by molar-refractivity contribution is -0.216. The summed E-state index contributed by atoms with van der Waals surface area (Å²) in [6.45, 7) is 2.69. The number of phosphoric acid groups is 2. The summed E-state index contributed by atoms with van der Waals surface area (Å²) in [7, 11) is -10.8. The predicted molar refractivity (Wildman–Crippen MR) is 270 cm³/mol. The maximum Gasteiger partial charge on any atom is 0.472 e. The fraction of sp³-hybridized carbons (Fsp3) is 0.608. The molecule has 0 aliphatic heterocycles. The summed E-state index contributed by atoms with van der Waals surface area (Å²) < 4.78 is 49.3. The third kappa shape index (κ3) is 34.1. The summed E-state index contributed by atoms with van der Waals surface area (Å²) in [5.41, 5.74) is 0. The van der Waals surface area contributed by atoms with Crippen molar-refractivity contribution >= 4 is 27.6 Å². The first kappa shape index (κ1) is 64.6. The van der Waals surface area contributed by atoms with Crippen LogP contribution in [-0.2, 0) is 41.8 Å². The largest absolute Gasteiger partial charge is 0.472 e. The number of hydrogen-bond acceptors (Lipinski definition) is 14. The summed E-state index contributed by atoms with van der Waals surface area (Å²) in [6.07, 6.45) is 34.8. The Morgan fingerprint density at radius 2 is 1.00 bits per heavy atom. The monoisotopic (exact) mass is 1030 g/mol. The van der Waals surface area contributed by atoms with Crippen molar-refractivity contribution in [2.45, 2.75) is 185 Å². The molecule has 0 aromatic carbocycles. The van der Waals surface area contributed by atoms with E-state index in [1.54, 1.807) is 12.2 Å². The van der Waals surface area contributed by atoms with Crippen LogP contribution in [0.15, 0.2) is 109 Å². The summed E-state index contributed by atoms with van der Waals surface area (Å²) in [6, 6.07) is 0. The maximum absolute atomic E-state index is 13.0. The average Bonchev–Trinajstić information content (AvgIpc) is 3.31. The van der Waals surface area contributed by atoms with E-state index in [2.05, 4.69) is 97.4 Å². The van der Waals surface area contributed by atoms with Crippen molar-refractivity contribution in [2.24, 2.45) is 0 Å². The van der Waals surface area contributed by atoms with E-state index in [4.69, 9.17) is 18.5 Å². The molecule has 0 aromatic rings. The Labute approximate surface area is 415 Å². The number of unbranched alkanes of at least 4 members (excludes halogenated alkanes) is 6. The zero-order chi connectivity index (χ0) is 51.9. The van der Waals surface area contributed by atoms with Crippen molar-refractivity contribution < 1.29 is 82.0 Å². The molecule has 6 unspecified atom stereocenters. The van der Waals surface area contributed by atoms with E-state index >= 15 is 0 Å². The Morgan fingerprint density at radius 1 is 0.529 bits per heavy atom. The molecule has 0 radical (unpaired) electrons. The third-order valence-corrected chi connectivity index (χ3v) is 11.9. The van der Waals surface area contributed by atoms with Gasteiger partial charge in [-0.25, -0.2) is 9.13 Å². The first-order chi connectivity index (χ1) is 33.5. The fourth-order valence-electron chi connectivity index (χ4n) is 6.69. The van der Waals surface area contributed by atoms with E-state index in [1.165, 1.54) is 0 Å². The Balaban J connectivity index is 2.67. The normalized spacial score (nSPS) is 22.4. The highest BCUT2D eigenvalue weighted by atomic mass is 31.2. The van der Waals surface area contributed by atoms with Crippen molar-refractivity contribution in [3.05, 3.63) is 109 Å². The van der Waals surface area contributed by atoms with Crippen LogP contribution < -0.4 is 0 Å². The molecule has 1 aliphatic rings. The molecule has 0 aromatic heterocycles. The lowest BCUT2D eigenvalue weighted by Crippen LogP contribution is -2.64. The van der Waals surface area contributed by atoms with Gasteiger partial charge in [-0.1, -0.05) is 149 Å². The van der Waals surface area contributed by atoms with Gasteiger partial charge in [-0.05, 0) is 83.5 Å². The molecule has 1 aliphatic carbocycles. The number of carbonyl (C=O) groups is 2. The highest BCUT2D eigenvalue weighted by Gasteiger charge is 2.54. The molecule has 1 fully saturated rings. The standard InChI is InChI=1S/C51H82O17P2/c1-3-5-7-9-11-13-15-17-18-19-20-21-22-24-26-28-30-32-34-38-45(54)66-43(41-65-70(62,63)68-51-48(57)46(55)47(56)50(49(51)58)67-69(59,60)61)40-64-44(53)39-35-37-42(52)36-33-31-29-27-25-23-16-14-12-10-8-6-4-2/h5-8,11-14,17-18,20-21,23,25,29,31,33,36,42-43,46-52,55-58H,3-4,9-10,15-16,19,22,24,26-28,30,32,34-35,37-41H2,1-2H3,(H,62,63)(H2,59,60,61)/b7-5-,8-6-,13-11-,14-12-,18-17-,21-20-,25-23-,31-29-,36-33+/t42?,43-,46?,47?,48?,49?,50-,51+/m1/s1. The number of aliphatic hydroxyl groups is 5. The van der Waals surface area contributed by atoms with Crippen LogP contribution in [0.25, 0.3) is 0 Å². The molecule has 9 atom stereocenters. The molecular formula is C51H82O17P2. The van der Waals surface area contributed by atoms with Crippen LogP contribution in [0.2, 0.25) is 0 Å². The minimum absolute atomic E-state index is 0.0202. The van der Waals surface area contributed by atoms with Gasteiger partial charge in [0.15, 0.2) is 6.10 Å². The van der Waals surface area contributed by atoms with Crippen LogP contribution in [-0.4, -0.2) is 114 Å². The molecular weight excluding hydrogens is 946 g/mol. The van der Waals surface area contributed by atoms with Gasteiger partial charge in [0.2, 0.25) is 0 Å². The van der Waals surface area contributed by atoms with Crippen molar-refractivity contribution in [1.29, 1.82) is 0 Å². The topological polar surface area (TPSA) is 276 Å². The van der Waals surface area contributed by atoms with Gasteiger partial charge in [-0.3, -0.25) is 23.2 Å². The van der Waals surface area contributed by atoms with Crippen LogP contribution in [0.4, 0.5) is 0 Å². The lowest BCUT2D eigenvalue weighted by atomic mass is 9.85. The van der Waals surface area contributed by atoms with Crippen LogP contribution in [0, 0.1) is 0 Å². The minimum Gasteiger partial charge on any atom is -0.462 e. The van der Waals surface area contributed by atoms with Crippen molar-refractivity contribution in [2.75, 3.05) is 13.2 Å². The third-order valence-electron chi connectivity index (χ3n) is 10.4. The second kappa shape index (κ2) is 40.1. The zero-order valence-corrected chi connectivity index (χ0v) is 42.8. The smallest absolute Gasteiger partial charge is 0.462 e. The minimum atomic E-state index is -5.39. The summed E-state index contributed by atoms with van der Waals surface area (Å²) in [5, 5.41) is 51.6. The summed E-state index contributed by atoms with van der Waals surface area (Å²) in [5.74, 6) is -1.44. The Morgan fingerprint density at radius 3 is 1.54 bits per heavy atom. The van der Waals surface area contributed by atoms with Gasteiger partial charge in [0.25, 0.3) is 0 Å². The SMILES string of the molecule is CC/C=C\C/C=C\C/C=C\C/C=C\C=C\C(O)CCCC(=O)OC[C@H](COP(=O)(O)O[C@H]1C(O)C(O)C(O)[C@@H](OP(=O)(O)O)C1O)OC(=O)CCCCCCCC/C=C\C/C=C\C/C=C\C/C=C\CC. The molecule has 1 rings (SSSR count). The van der Waals surface area contributed by atoms with Gasteiger partial charge in [-0.15, -0.1) is 0 Å². The Kier molecular flexibility index (Phi) is 37.1. The van der Waals surface area contributed by atoms with Crippen molar-refractivity contribution in [3.63, 3.8) is 0 Å². The maximum atomic E-state index is 13.0. The summed E-state index contributed by atoms with van der Waals surface area (Å²) in [4.78, 5) is 54.4. The van der Waals surface area contributed by atoms with Gasteiger partial charge in [0.05, 0.1) is 12.7 Å². The molecule has 17 nitrogen and oxygen atoms in total. The van der Waals surface area contributed by atoms with Crippen LogP contribution in [0.5, 0.6) is 0 Å². The number of phosphoric ester groups is 2. The average molecular weight is 1030 g/mol. The molecule has 0 saturated heterocycles. The molecule has 0 amide bonds. The highest BCUT2D eigenvalue weighted by Crippen LogP contribution is 2.49. The molecule has 398 valence electrons. The van der Waals surface area contributed by atoms with E-state index in [-0.39, 0.29) is 25.7 Å². The van der Waals surface area contributed by atoms with E-state index in [0.717, 1.165) is 89.9 Å². The number of carbonyl (C=O) groups excluding carboxylic acids is 2. The quantitative estimate of drug-likeness (QED) is 0.00940. The predicted octanol–water partition coefficient (Wildman–Crippen LogP) is 8.70. The van der Waals surface area contributed by atoms with E-state index in [1.807, 2.05) is 18.2 Å². The molecule has 1 saturated carbocycles. The molecule has 0 bridgehead atoms. The van der Waals surface area contributed by atoms with Gasteiger partial charge in [-0.2, -0.15) is 0 Å². The van der Waals surface area contributed by atoms with E-state index in [0.29, 0.717) is 6.42 Å². The van der Waals surface area contributed by atoms with Gasteiger partial charge >= 0.3 is 27.6 Å². The molecule has 70 heavy (non-hydrogen) atoms. The summed E-state index contributed by atoms with van der Waals surface area (Å²) >= 11 is 0. The molecule has 8 N–H and O–H groups in total. The zero-order valence-electron chi connectivity index (χ0n) is 41.0. The molecule has 0 heterocycles. The number of hydrogen-bond donors (Lipinski definition) is 8. The van der Waals surface area contributed by atoms with Crippen LogP contribution >= 0.6 is 15.6 Å². The first-order valence-corrected chi connectivity index (χ1v) is 27.6. The highest BCUT2D eigenvalue weighted by molar-refractivity contribution is 7.47. The first-order valence-electron chi connectivity index (χ1n) is 24.5. The second-order valence-corrected chi connectivity index (χ2v) is 19.2. The molecule has 19 heteroatoms. The van der Waals surface area contributed by atoms with Crippen molar-refractivity contribution in [3.8, 4) is 0 Å². The van der Waals surface area contributed by atoms with Crippen LogP contribution in [0.3, 0.4) is 0 Å². The van der Waals surface area contributed by atoms with Gasteiger partial charge in [0, 0.05) is 12.8 Å². The number of aliphatic hydroxyl groups excluding tert-OH is 5. The number of allylic oxidation sites excluding steroid dienone is 17. The van der Waals surface area contributed by atoms with E-state index < -0.39 is 89.6 Å². The fourth-order valence-corrected chi connectivity index (χ4v) is 8.23. The van der Waals surface area contributed by atoms with Gasteiger partial charge in [0.1, 0.15) is 43.2 Å². The number of rotatable bonds is 39. The van der Waals surface area contributed by atoms with Crippen LogP contribution in [0.1, 0.15) is 136 Å².